The smallest absolute Gasteiger partial charge is 0.264 e. The molecular weight excluding hydrogens is 456 g/mol. The highest BCUT2D eigenvalue weighted by atomic mass is 35.5. The molecule has 0 saturated carbocycles. The Hall–Kier alpha value is -2.39. The Kier molecular flexibility index (Phi) is 6.76. The Balaban J connectivity index is 1.96. The first-order valence-corrected chi connectivity index (χ1v) is 12.9. The number of hydrogen-bond donors (Lipinski definition) is 1. The monoisotopic (exact) mass is 478 g/mol. The van der Waals surface area contributed by atoms with Crippen LogP contribution in [0.5, 0.6) is 0 Å². The summed E-state index contributed by atoms with van der Waals surface area (Å²) >= 11 is 6.29. The molecule has 9 heteroatoms. The number of nitrogens with two attached hydrogens (primary N) is 1. The number of halogens is 1. The third kappa shape index (κ3) is 5.27. The van der Waals surface area contributed by atoms with Gasteiger partial charge in [-0.05, 0) is 53.4 Å². The minimum atomic E-state index is -3.84. The summed E-state index contributed by atoms with van der Waals surface area (Å²) in [6.07, 6.45) is 0. The van der Waals surface area contributed by atoms with Crippen molar-refractivity contribution >= 4 is 37.3 Å². The second-order valence-corrected chi connectivity index (χ2v) is 11.3. The highest BCUT2D eigenvalue weighted by Gasteiger charge is 2.27. The van der Waals surface area contributed by atoms with Crippen LogP contribution >= 0.6 is 11.6 Å². The highest BCUT2D eigenvalue weighted by molar-refractivity contribution is 7.92. The molecule has 0 fully saturated rings. The highest BCUT2D eigenvalue weighted by Crippen LogP contribution is 2.32. The summed E-state index contributed by atoms with van der Waals surface area (Å²) in [6.45, 7) is 4.16. The summed E-state index contributed by atoms with van der Waals surface area (Å²) in [5.41, 5.74) is 1.91. The van der Waals surface area contributed by atoms with E-state index in [4.69, 9.17) is 16.7 Å². The molecular formula is C22H23ClN2O4S2. The molecule has 0 spiro atoms. The lowest BCUT2D eigenvalue weighted by Gasteiger charge is -2.27. The number of hydrogen-bond acceptors (Lipinski definition) is 4. The predicted molar refractivity (Wildman–Crippen MR) is 124 cm³/mol. The Labute approximate surface area is 188 Å². The van der Waals surface area contributed by atoms with Gasteiger partial charge in [0.1, 0.15) is 0 Å². The minimum Gasteiger partial charge on any atom is -0.265 e. The lowest BCUT2D eigenvalue weighted by Crippen LogP contribution is -2.34. The zero-order valence-electron chi connectivity index (χ0n) is 17.1. The van der Waals surface area contributed by atoms with Crippen molar-refractivity contribution in [3.63, 3.8) is 0 Å². The summed E-state index contributed by atoms with van der Waals surface area (Å²) in [5, 5.41) is 5.49. The Morgan fingerprint density at radius 1 is 0.806 bits per heavy atom. The van der Waals surface area contributed by atoms with Gasteiger partial charge >= 0.3 is 0 Å². The molecule has 0 bridgehead atoms. The maximum atomic E-state index is 13.4. The van der Waals surface area contributed by atoms with E-state index in [1.54, 1.807) is 48.5 Å². The second-order valence-electron chi connectivity index (χ2n) is 7.48. The molecule has 6 nitrogen and oxygen atoms in total. The van der Waals surface area contributed by atoms with Crippen LogP contribution in [-0.4, -0.2) is 23.4 Å². The maximum Gasteiger partial charge on any atom is 0.264 e. The third-order valence-electron chi connectivity index (χ3n) is 4.61. The first kappa shape index (κ1) is 23.3. The van der Waals surface area contributed by atoms with Crippen molar-refractivity contribution in [1.29, 1.82) is 0 Å². The Bertz CT molecular complexity index is 1270. The van der Waals surface area contributed by atoms with Crippen molar-refractivity contribution in [2.75, 3.05) is 10.8 Å². The van der Waals surface area contributed by atoms with Crippen LogP contribution in [-0.2, 0) is 20.0 Å². The van der Waals surface area contributed by atoms with E-state index >= 15 is 0 Å². The van der Waals surface area contributed by atoms with Crippen LogP contribution < -0.4 is 9.44 Å². The molecule has 0 atom stereocenters. The van der Waals surface area contributed by atoms with Crippen LogP contribution in [0.1, 0.15) is 13.8 Å². The Morgan fingerprint density at radius 3 is 1.74 bits per heavy atom. The molecule has 0 unspecified atom stereocenters. The van der Waals surface area contributed by atoms with Crippen LogP contribution in [0.15, 0.2) is 82.6 Å². The third-order valence-corrected chi connectivity index (χ3v) is 7.65. The zero-order valence-corrected chi connectivity index (χ0v) is 19.5. The van der Waals surface area contributed by atoms with Gasteiger partial charge in [-0.2, -0.15) is 0 Å². The summed E-state index contributed by atoms with van der Waals surface area (Å²) in [7, 11) is -7.62. The molecule has 31 heavy (non-hydrogen) atoms. The van der Waals surface area contributed by atoms with E-state index in [-0.39, 0.29) is 22.3 Å². The van der Waals surface area contributed by atoms with Crippen molar-refractivity contribution in [3.05, 3.63) is 77.8 Å². The van der Waals surface area contributed by atoms with Gasteiger partial charge in [-0.15, -0.1) is 0 Å². The number of anilines is 1. The molecule has 0 aliphatic rings. The molecule has 0 aliphatic heterocycles. The molecule has 164 valence electrons. The van der Waals surface area contributed by atoms with E-state index in [1.807, 2.05) is 13.8 Å². The van der Waals surface area contributed by atoms with E-state index in [0.29, 0.717) is 10.7 Å². The van der Waals surface area contributed by atoms with E-state index in [9.17, 15) is 16.8 Å². The fourth-order valence-electron chi connectivity index (χ4n) is 3.10. The molecule has 0 amide bonds. The quantitative estimate of drug-likeness (QED) is 0.540. The van der Waals surface area contributed by atoms with Crippen molar-refractivity contribution in [3.8, 4) is 11.1 Å². The minimum absolute atomic E-state index is 0.0134. The number of sulfonamides is 2. The molecule has 0 aromatic heterocycles. The number of benzene rings is 3. The molecule has 0 saturated heterocycles. The predicted octanol–water partition coefficient (Wildman–Crippen LogP) is 4.51. The number of rotatable bonds is 7. The van der Waals surface area contributed by atoms with Gasteiger partial charge in [0.25, 0.3) is 10.0 Å². The van der Waals surface area contributed by atoms with E-state index in [2.05, 4.69) is 0 Å². The molecule has 2 N–H and O–H groups in total. The molecule has 3 rings (SSSR count). The number of nitrogens with zero attached hydrogens (tertiary/aromatic N) is 1. The normalized spacial score (nSPS) is 12.2. The summed E-state index contributed by atoms with van der Waals surface area (Å²) in [4.78, 5) is 0.150. The van der Waals surface area contributed by atoms with Crippen LogP contribution in [0, 0.1) is 5.92 Å². The number of primary sulfonamides is 1. The van der Waals surface area contributed by atoms with E-state index in [0.717, 1.165) is 11.1 Å². The fraction of sp³-hybridized carbons (Fsp3) is 0.182. The average Bonchev–Trinajstić information content (AvgIpc) is 2.72. The van der Waals surface area contributed by atoms with Gasteiger partial charge in [0.05, 0.1) is 20.5 Å². The van der Waals surface area contributed by atoms with Crippen LogP contribution in [0.3, 0.4) is 0 Å². The molecule has 0 radical (unpaired) electrons. The van der Waals surface area contributed by atoms with Crippen molar-refractivity contribution < 1.29 is 16.8 Å². The average molecular weight is 479 g/mol. The van der Waals surface area contributed by atoms with Crippen LogP contribution in [0.2, 0.25) is 5.02 Å². The molecule has 3 aromatic rings. The van der Waals surface area contributed by atoms with Crippen LogP contribution in [0.25, 0.3) is 11.1 Å². The van der Waals surface area contributed by atoms with E-state index in [1.165, 1.54) is 28.6 Å². The van der Waals surface area contributed by atoms with E-state index < -0.39 is 20.0 Å². The van der Waals surface area contributed by atoms with Crippen LogP contribution in [0.4, 0.5) is 5.69 Å². The van der Waals surface area contributed by atoms with Gasteiger partial charge in [-0.1, -0.05) is 61.8 Å². The summed E-state index contributed by atoms with van der Waals surface area (Å²) in [6, 6.07) is 19.3. The number of para-hydroxylation sites is 1. The van der Waals surface area contributed by atoms with Crippen molar-refractivity contribution in [2.24, 2.45) is 11.1 Å². The zero-order chi connectivity index (χ0) is 22.8. The fourth-order valence-corrected chi connectivity index (χ4v) is 5.55. The topological polar surface area (TPSA) is 97.5 Å². The lowest BCUT2D eigenvalue weighted by atomic mass is 10.1. The summed E-state index contributed by atoms with van der Waals surface area (Å²) < 4.78 is 51.0. The first-order valence-electron chi connectivity index (χ1n) is 9.51. The second kappa shape index (κ2) is 9.00. The standard InChI is InChI=1S/C22H23ClN2O4S2/c1-16(2)15-25(22-6-4-3-5-21(22)23)31(28,29)20-13-9-18(10-14-20)17-7-11-19(12-8-17)30(24,26)27/h3-14,16H,15H2,1-2H3,(H2,24,26,27). The maximum absolute atomic E-state index is 13.4. The SMILES string of the molecule is CC(C)CN(c1ccccc1Cl)S(=O)(=O)c1ccc(-c2ccc(S(N)(=O)=O)cc2)cc1. The molecule has 0 aliphatic carbocycles. The van der Waals surface area contributed by atoms with Gasteiger partial charge in [0.2, 0.25) is 10.0 Å². The molecule has 0 heterocycles. The first-order chi connectivity index (χ1) is 14.5. The Morgan fingerprint density at radius 2 is 1.29 bits per heavy atom. The van der Waals surface area contributed by atoms with Gasteiger partial charge < -0.3 is 0 Å². The lowest BCUT2D eigenvalue weighted by molar-refractivity contribution is 0.578. The van der Waals surface area contributed by atoms with Gasteiger partial charge in [-0.3, -0.25) is 4.31 Å². The molecule has 3 aromatic carbocycles. The van der Waals surface area contributed by atoms with Gasteiger partial charge in [0, 0.05) is 6.54 Å². The van der Waals surface area contributed by atoms with Gasteiger partial charge in [-0.25, -0.2) is 22.0 Å². The van der Waals surface area contributed by atoms with Gasteiger partial charge in [0.15, 0.2) is 0 Å². The summed E-state index contributed by atoms with van der Waals surface area (Å²) in [5.74, 6) is 0.0858. The van der Waals surface area contributed by atoms with Crippen molar-refractivity contribution in [2.45, 2.75) is 23.6 Å². The van der Waals surface area contributed by atoms with Crippen molar-refractivity contribution in [1.82, 2.24) is 0 Å². The largest absolute Gasteiger partial charge is 0.265 e.